The molecule has 0 fully saturated rings. The van der Waals surface area contributed by atoms with E-state index in [0.717, 1.165) is 36.6 Å². The number of alkyl halides is 3. The highest BCUT2D eigenvalue weighted by molar-refractivity contribution is 7.93. The zero-order valence-corrected chi connectivity index (χ0v) is 14.2. The van der Waals surface area contributed by atoms with Crippen LogP contribution in [-0.2, 0) is 20.9 Å². The molecule has 5 nitrogen and oxygen atoms in total. The summed E-state index contributed by atoms with van der Waals surface area (Å²) in [6, 6.07) is 3.74. The molecule has 0 radical (unpaired) electrons. The fourth-order valence-corrected chi connectivity index (χ4v) is 4.38. The van der Waals surface area contributed by atoms with E-state index >= 15 is 0 Å². The molecule has 2 aromatic rings. The third-order valence-electron chi connectivity index (χ3n) is 2.81. The molecule has 0 saturated carbocycles. The number of thiophene rings is 1. The molecule has 11 heteroatoms. The predicted octanol–water partition coefficient (Wildman–Crippen LogP) is 4.01. The lowest BCUT2D eigenvalue weighted by atomic mass is 10.2. The van der Waals surface area contributed by atoms with Gasteiger partial charge >= 0.3 is 12.1 Å². The smallest absolute Gasteiger partial charge is 0.417 e. The van der Waals surface area contributed by atoms with E-state index in [1.165, 1.54) is 5.38 Å². The third kappa shape index (κ3) is 3.82. The summed E-state index contributed by atoms with van der Waals surface area (Å²) in [5, 5.41) is 0.792. The Morgan fingerprint density at radius 1 is 1.29 bits per heavy atom. The molecule has 0 amide bonds. The lowest BCUT2D eigenvalue weighted by Crippen LogP contribution is -2.16. The first-order valence-electron chi connectivity index (χ1n) is 6.11. The normalized spacial score (nSPS) is 12.0. The van der Waals surface area contributed by atoms with Crippen molar-refractivity contribution in [3.63, 3.8) is 0 Å². The molecule has 1 aromatic carbocycles. The number of ether oxygens (including phenoxy) is 1. The second kappa shape index (κ2) is 6.61. The molecule has 0 aliphatic carbocycles. The van der Waals surface area contributed by atoms with Crippen LogP contribution in [0, 0.1) is 0 Å². The standard InChI is InChI=1S/C13H9ClF3NO4S2/c1-22-12(19)11-10(4-5-23-11)24(20,21)18-7-2-3-9(14)8(6-7)13(15,16)17/h2-6,18H,1H3. The van der Waals surface area contributed by atoms with Gasteiger partial charge < -0.3 is 4.74 Å². The van der Waals surface area contributed by atoms with E-state index in [2.05, 4.69) is 4.74 Å². The van der Waals surface area contributed by atoms with E-state index in [1.54, 1.807) is 0 Å². The van der Waals surface area contributed by atoms with Crippen molar-refractivity contribution in [1.29, 1.82) is 0 Å². The molecular weight excluding hydrogens is 391 g/mol. The van der Waals surface area contributed by atoms with E-state index in [-0.39, 0.29) is 15.5 Å². The summed E-state index contributed by atoms with van der Waals surface area (Å²) in [4.78, 5) is 11.0. The first kappa shape index (κ1) is 18.6. The summed E-state index contributed by atoms with van der Waals surface area (Å²) in [6.07, 6.45) is -4.74. The number of nitrogens with one attached hydrogen (secondary N) is 1. The molecular formula is C13H9ClF3NO4S2. The van der Waals surface area contributed by atoms with Crippen molar-refractivity contribution in [2.45, 2.75) is 11.1 Å². The molecule has 1 heterocycles. The van der Waals surface area contributed by atoms with Crippen LogP contribution in [0.2, 0.25) is 5.02 Å². The van der Waals surface area contributed by atoms with Gasteiger partial charge in [0.1, 0.15) is 9.77 Å². The van der Waals surface area contributed by atoms with Gasteiger partial charge in [-0.3, -0.25) is 4.72 Å². The van der Waals surface area contributed by atoms with Gasteiger partial charge in [0.05, 0.1) is 17.7 Å². The van der Waals surface area contributed by atoms with Gasteiger partial charge in [-0.2, -0.15) is 13.2 Å². The average Bonchev–Trinajstić information content (AvgIpc) is 2.97. The summed E-state index contributed by atoms with van der Waals surface area (Å²) in [7, 11) is -3.20. The fourth-order valence-electron chi connectivity index (χ4n) is 1.77. The number of esters is 1. The molecule has 0 atom stereocenters. The largest absolute Gasteiger partial charge is 0.465 e. The molecule has 1 aromatic heterocycles. The second-order valence-corrected chi connectivity index (χ2v) is 7.38. The number of methoxy groups -OCH3 is 1. The zero-order valence-electron chi connectivity index (χ0n) is 11.8. The van der Waals surface area contributed by atoms with Crippen LogP contribution in [-0.4, -0.2) is 21.5 Å². The van der Waals surface area contributed by atoms with Crippen LogP contribution in [0.1, 0.15) is 15.2 Å². The Labute approximate surface area is 144 Å². The van der Waals surface area contributed by atoms with E-state index in [4.69, 9.17) is 11.6 Å². The Morgan fingerprint density at radius 3 is 2.54 bits per heavy atom. The van der Waals surface area contributed by atoms with Crippen molar-refractivity contribution < 1.29 is 31.1 Å². The average molecular weight is 400 g/mol. The van der Waals surface area contributed by atoms with Crippen LogP contribution in [0.15, 0.2) is 34.5 Å². The van der Waals surface area contributed by atoms with Crippen LogP contribution >= 0.6 is 22.9 Å². The van der Waals surface area contributed by atoms with Gasteiger partial charge in [0.2, 0.25) is 0 Å². The number of halogens is 4. The number of anilines is 1. The Hall–Kier alpha value is -1.78. The third-order valence-corrected chi connectivity index (χ3v) is 5.59. The van der Waals surface area contributed by atoms with Gasteiger partial charge in [-0.1, -0.05) is 11.6 Å². The number of hydrogen-bond acceptors (Lipinski definition) is 5. The van der Waals surface area contributed by atoms with Gasteiger partial charge in [-0.15, -0.1) is 11.3 Å². The minimum absolute atomic E-state index is 0.185. The zero-order chi connectivity index (χ0) is 18.1. The lowest BCUT2D eigenvalue weighted by Gasteiger charge is -2.12. The highest BCUT2D eigenvalue weighted by Gasteiger charge is 2.34. The first-order valence-corrected chi connectivity index (χ1v) is 8.85. The maximum absolute atomic E-state index is 12.8. The van der Waals surface area contributed by atoms with Gasteiger partial charge in [0.15, 0.2) is 0 Å². The number of rotatable bonds is 4. The summed E-state index contributed by atoms with van der Waals surface area (Å²) in [5.41, 5.74) is -1.52. The summed E-state index contributed by atoms with van der Waals surface area (Å²) >= 11 is 6.32. The Morgan fingerprint density at radius 2 is 1.96 bits per heavy atom. The van der Waals surface area contributed by atoms with Crippen molar-refractivity contribution in [2.75, 3.05) is 11.8 Å². The number of sulfonamides is 1. The van der Waals surface area contributed by atoms with Crippen molar-refractivity contribution in [3.8, 4) is 0 Å². The number of hydrogen-bond donors (Lipinski definition) is 1. The van der Waals surface area contributed by atoms with Gasteiger partial charge in [0.25, 0.3) is 10.0 Å². The Balaban J connectivity index is 2.41. The molecule has 1 N–H and O–H groups in total. The predicted molar refractivity (Wildman–Crippen MR) is 82.9 cm³/mol. The molecule has 2 rings (SSSR count). The topological polar surface area (TPSA) is 72.5 Å². The maximum Gasteiger partial charge on any atom is 0.417 e. The molecule has 0 aliphatic heterocycles. The number of carbonyl (C=O) groups excluding carboxylic acids is 1. The van der Waals surface area contributed by atoms with Gasteiger partial charge in [0, 0.05) is 5.69 Å². The van der Waals surface area contributed by atoms with Crippen LogP contribution in [0.3, 0.4) is 0 Å². The van der Waals surface area contributed by atoms with Crippen molar-refractivity contribution >= 4 is 44.6 Å². The van der Waals surface area contributed by atoms with E-state index in [9.17, 15) is 26.4 Å². The van der Waals surface area contributed by atoms with Crippen molar-refractivity contribution in [3.05, 3.63) is 45.1 Å². The Kier molecular flexibility index (Phi) is 5.11. The molecule has 0 aliphatic rings. The van der Waals surface area contributed by atoms with Crippen LogP contribution in [0.25, 0.3) is 0 Å². The minimum atomic E-state index is -4.74. The van der Waals surface area contributed by atoms with Crippen LogP contribution in [0.4, 0.5) is 18.9 Å². The molecule has 0 saturated heterocycles. The SMILES string of the molecule is COC(=O)c1sccc1S(=O)(=O)Nc1ccc(Cl)c(C(F)(F)F)c1. The highest BCUT2D eigenvalue weighted by Crippen LogP contribution is 2.36. The number of benzene rings is 1. The molecule has 130 valence electrons. The maximum atomic E-state index is 12.8. The molecule has 0 unspecified atom stereocenters. The van der Waals surface area contributed by atoms with Crippen molar-refractivity contribution in [1.82, 2.24) is 0 Å². The number of carbonyl (C=O) groups is 1. The van der Waals surface area contributed by atoms with E-state index in [0.29, 0.717) is 6.07 Å². The fraction of sp³-hybridized carbons (Fsp3) is 0.154. The highest BCUT2D eigenvalue weighted by atomic mass is 35.5. The molecule has 0 spiro atoms. The first-order chi connectivity index (χ1) is 11.1. The summed E-state index contributed by atoms with van der Waals surface area (Å²) in [5.74, 6) is -0.863. The molecule has 0 bridgehead atoms. The van der Waals surface area contributed by atoms with Crippen LogP contribution < -0.4 is 4.72 Å². The van der Waals surface area contributed by atoms with E-state index in [1.807, 2.05) is 4.72 Å². The van der Waals surface area contributed by atoms with Gasteiger partial charge in [-0.25, -0.2) is 13.2 Å². The minimum Gasteiger partial charge on any atom is -0.465 e. The monoisotopic (exact) mass is 399 g/mol. The summed E-state index contributed by atoms with van der Waals surface area (Å²) in [6.45, 7) is 0. The van der Waals surface area contributed by atoms with Crippen LogP contribution in [0.5, 0.6) is 0 Å². The van der Waals surface area contributed by atoms with E-state index < -0.39 is 32.8 Å². The van der Waals surface area contributed by atoms with Gasteiger partial charge in [-0.05, 0) is 29.6 Å². The lowest BCUT2D eigenvalue weighted by molar-refractivity contribution is -0.137. The second-order valence-electron chi connectivity index (χ2n) is 4.40. The summed E-state index contributed by atoms with van der Waals surface area (Å²) < 4.78 is 69.6. The quantitative estimate of drug-likeness (QED) is 0.788. The Bertz CT molecular complexity index is 878. The molecule has 24 heavy (non-hydrogen) atoms. The van der Waals surface area contributed by atoms with Crippen molar-refractivity contribution in [2.24, 2.45) is 0 Å².